The molecule has 1 amide bonds. The van der Waals surface area contributed by atoms with Crippen LogP contribution in [0.25, 0.3) is 5.69 Å². The lowest BCUT2D eigenvalue weighted by Crippen LogP contribution is -2.39. The number of benzene rings is 3. The number of hydrogen-bond donors (Lipinski definition) is 1. The van der Waals surface area contributed by atoms with Crippen molar-refractivity contribution in [2.75, 3.05) is 10.8 Å². The molecule has 0 aliphatic rings. The van der Waals surface area contributed by atoms with Crippen LogP contribution < -0.4 is 9.73 Å². The molecular weight excluding hydrogens is 555 g/mol. The fourth-order valence-corrected chi connectivity index (χ4v) is 6.12. The van der Waals surface area contributed by atoms with Gasteiger partial charge in [0.15, 0.2) is 0 Å². The number of anilines is 1. The minimum absolute atomic E-state index is 0.0959. The van der Waals surface area contributed by atoms with Crippen molar-refractivity contribution in [3.63, 3.8) is 0 Å². The first-order valence-electron chi connectivity index (χ1n) is 12.1. The molecule has 10 heteroatoms. The van der Waals surface area contributed by atoms with Gasteiger partial charge in [0.1, 0.15) is 6.54 Å². The Hall–Kier alpha value is -3.59. The summed E-state index contributed by atoms with van der Waals surface area (Å²) in [5, 5.41) is 5.14. The quantitative estimate of drug-likeness (QED) is 0.194. The summed E-state index contributed by atoms with van der Waals surface area (Å²) in [6.45, 7) is 7.19. The molecule has 0 radical (unpaired) electrons. The van der Waals surface area contributed by atoms with Gasteiger partial charge < -0.3 is 4.57 Å². The van der Waals surface area contributed by atoms with E-state index in [0.717, 1.165) is 38.1 Å². The molecule has 0 fully saturated rings. The van der Waals surface area contributed by atoms with Crippen molar-refractivity contribution in [3.05, 3.63) is 111 Å². The Morgan fingerprint density at radius 2 is 1.46 bits per heavy atom. The van der Waals surface area contributed by atoms with Crippen LogP contribution >= 0.6 is 23.2 Å². The average molecular weight is 584 g/mol. The van der Waals surface area contributed by atoms with Crippen LogP contribution in [-0.2, 0) is 14.8 Å². The van der Waals surface area contributed by atoms with Crippen LogP contribution in [0.4, 0.5) is 5.69 Å². The molecule has 7 nitrogen and oxygen atoms in total. The lowest BCUT2D eigenvalue weighted by atomic mass is 10.2. The minimum Gasteiger partial charge on any atom is -0.318 e. The fraction of sp³-hybridized carbons (Fsp3) is 0.172. The van der Waals surface area contributed by atoms with Crippen LogP contribution in [0.2, 0.25) is 10.0 Å². The van der Waals surface area contributed by atoms with Gasteiger partial charge in [0.2, 0.25) is 0 Å². The predicted octanol–water partition coefficient (Wildman–Crippen LogP) is 6.36. The molecule has 0 aliphatic carbocycles. The number of amides is 1. The Morgan fingerprint density at radius 3 is 2.05 bits per heavy atom. The third-order valence-electron chi connectivity index (χ3n) is 6.19. The Balaban J connectivity index is 1.56. The highest BCUT2D eigenvalue weighted by molar-refractivity contribution is 7.92. The van der Waals surface area contributed by atoms with Gasteiger partial charge in [0.05, 0.1) is 16.8 Å². The van der Waals surface area contributed by atoms with Gasteiger partial charge in [0, 0.05) is 32.7 Å². The molecule has 0 unspecified atom stereocenters. The molecule has 1 N–H and O–H groups in total. The number of hydrogen-bond acceptors (Lipinski definition) is 4. The molecule has 202 valence electrons. The highest BCUT2D eigenvalue weighted by Gasteiger charge is 2.27. The number of halogens is 2. The van der Waals surface area contributed by atoms with E-state index in [9.17, 15) is 13.2 Å². The summed E-state index contributed by atoms with van der Waals surface area (Å²) in [6, 6.07) is 20.7. The largest absolute Gasteiger partial charge is 0.318 e. The molecular formula is C29H28Cl2N4O3S. The lowest BCUT2D eigenvalue weighted by Gasteiger charge is -2.24. The molecule has 0 saturated carbocycles. The second-order valence-electron chi connectivity index (χ2n) is 9.24. The van der Waals surface area contributed by atoms with Gasteiger partial charge in [-0.1, -0.05) is 58.6 Å². The highest BCUT2D eigenvalue weighted by atomic mass is 35.5. The van der Waals surface area contributed by atoms with Crippen molar-refractivity contribution in [2.45, 2.75) is 32.6 Å². The van der Waals surface area contributed by atoms with Crippen LogP contribution in [0.5, 0.6) is 0 Å². The maximum atomic E-state index is 13.5. The molecule has 1 heterocycles. The van der Waals surface area contributed by atoms with E-state index in [1.165, 1.54) is 18.3 Å². The van der Waals surface area contributed by atoms with Gasteiger partial charge >= 0.3 is 0 Å². The Labute approximate surface area is 238 Å². The maximum Gasteiger partial charge on any atom is 0.264 e. The Bertz CT molecular complexity index is 1630. The van der Waals surface area contributed by atoms with E-state index in [1.807, 2.05) is 50.5 Å². The number of aryl methyl sites for hydroxylation is 3. The molecule has 0 aliphatic heterocycles. The summed E-state index contributed by atoms with van der Waals surface area (Å²) < 4.78 is 30.1. The van der Waals surface area contributed by atoms with E-state index < -0.39 is 22.5 Å². The number of nitrogens with one attached hydrogen (secondary N) is 1. The minimum atomic E-state index is -4.01. The van der Waals surface area contributed by atoms with Gasteiger partial charge in [-0.15, -0.1) is 0 Å². The number of aromatic nitrogens is 1. The number of sulfonamides is 1. The summed E-state index contributed by atoms with van der Waals surface area (Å²) in [5.41, 5.74) is 8.11. The SMILES string of the molecule is Cc1ccc(N(CC(=O)N/N=C\c2cc(C)n(-c3cc(Cl)cc(Cl)c3)c2C)S(=O)(=O)c2ccc(C)cc2)cc1. The van der Waals surface area contributed by atoms with E-state index in [2.05, 4.69) is 10.5 Å². The first-order valence-corrected chi connectivity index (χ1v) is 14.3. The topological polar surface area (TPSA) is 83.8 Å². The molecule has 39 heavy (non-hydrogen) atoms. The molecule has 4 aromatic rings. The number of carbonyl (C=O) groups excluding carboxylic acids is 1. The van der Waals surface area contributed by atoms with Crippen molar-refractivity contribution in [1.82, 2.24) is 9.99 Å². The fourth-order valence-electron chi connectivity index (χ4n) is 4.19. The first-order chi connectivity index (χ1) is 18.5. The zero-order valence-corrected chi connectivity index (χ0v) is 24.3. The lowest BCUT2D eigenvalue weighted by molar-refractivity contribution is -0.119. The summed E-state index contributed by atoms with van der Waals surface area (Å²) in [5.74, 6) is -0.585. The van der Waals surface area contributed by atoms with Crippen molar-refractivity contribution < 1.29 is 13.2 Å². The molecule has 1 aromatic heterocycles. The normalized spacial score (nSPS) is 11.6. The molecule has 4 rings (SSSR count). The van der Waals surface area contributed by atoms with Crippen LogP contribution in [-0.4, -0.2) is 31.7 Å². The second kappa shape index (κ2) is 11.7. The molecule has 0 saturated heterocycles. The van der Waals surface area contributed by atoms with E-state index in [-0.39, 0.29) is 4.90 Å². The average Bonchev–Trinajstić information content (AvgIpc) is 3.15. The summed E-state index contributed by atoms with van der Waals surface area (Å²) in [4.78, 5) is 13.0. The van der Waals surface area contributed by atoms with Gasteiger partial charge in [-0.3, -0.25) is 9.10 Å². The zero-order valence-electron chi connectivity index (χ0n) is 21.9. The van der Waals surface area contributed by atoms with Crippen molar-refractivity contribution in [1.29, 1.82) is 0 Å². The van der Waals surface area contributed by atoms with Crippen molar-refractivity contribution >= 4 is 51.0 Å². The van der Waals surface area contributed by atoms with Gasteiger partial charge in [-0.2, -0.15) is 5.10 Å². The second-order valence-corrected chi connectivity index (χ2v) is 12.0. The Kier molecular flexibility index (Phi) is 8.49. The molecule has 3 aromatic carbocycles. The van der Waals surface area contributed by atoms with E-state index >= 15 is 0 Å². The van der Waals surface area contributed by atoms with Crippen LogP contribution in [0.15, 0.2) is 82.8 Å². The number of nitrogens with zero attached hydrogens (tertiary/aromatic N) is 3. The number of carbonyl (C=O) groups is 1. The van der Waals surface area contributed by atoms with Crippen LogP contribution in [0, 0.1) is 27.7 Å². The summed E-state index contributed by atoms with van der Waals surface area (Å²) in [6.07, 6.45) is 1.52. The maximum absolute atomic E-state index is 13.5. The third kappa shape index (κ3) is 6.53. The highest BCUT2D eigenvalue weighted by Crippen LogP contribution is 2.26. The summed E-state index contributed by atoms with van der Waals surface area (Å²) >= 11 is 12.4. The van der Waals surface area contributed by atoms with Gasteiger partial charge in [-0.05, 0) is 76.2 Å². The summed E-state index contributed by atoms with van der Waals surface area (Å²) in [7, 11) is -4.01. The molecule has 0 spiro atoms. The number of hydrazone groups is 1. The Morgan fingerprint density at radius 1 is 0.897 bits per heavy atom. The van der Waals surface area contributed by atoms with Crippen molar-refractivity contribution in [3.8, 4) is 5.69 Å². The van der Waals surface area contributed by atoms with Gasteiger partial charge in [-0.25, -0.2) is 13.8 Å². The van der Waals surface area contributed by atoms with E-state index in [4.69, 9.17) is 23.2 Å². The first kappa shape index (κ1) is 28.4. The zero-order chi connectivity index (χ0) is 28.3. The van der Waals surface area contributed by atoms with Crippen LogP contribution in [0.1, 0.15) is 28.1 Å². The number of rotatable bonds is 8. The van der Waals surface area contributed by atoms with E-state index in [1.54, 1.807) is 42.5 Å². The van der Waals surface area contributed by atoms with Crippen LogP contribution in [0.3, 0.4) is 0 Å². The third-order valence-corrected chi connectivity index (χ3v) is 8.41. The predicted molar refractivity (Wildman–Crippen MR) is 158 cm³/mol. The molecule has 0 bridgehead atoms. The molecule has 0 atom stereocenters. The smallest absolute Gasteiger partial charge is 0.264 e. The van der Waals surface area contributed by atoms with Crippen molar-refractivity contribution in [2.24, 2.45) is 5.10 Å². The van der Waals surface area contributed by atoms with Gasteiger partial charge in [0.25, 0.3) is 15.9 Å². The standard InChI is InChI=1S/C29H28Cl2N4O3S/c1-19-5-9-26(10-6-19)34(39(37,38)28-11-7-20(2)8-12-28)18-29(36)33-32-17-23-13-21(3)35(22(23)4)27-15-24(30)14-25(31)16-27/h5-17H,18H2,1-4H3,(H,33,36)/b32-17-. The monoisotopic (exact) mass is 582 g/mol. The van der Waals surface area contributed by atoms with E-state index in [0.29, 0.717) is 15.7 Å².